The van der Waals surface area contributed by atoms with Gasteiger partial charge >= 0.3 is 6.18 Å². The Bertz CT molecular complexity index is 446. The number of pyridine rings is 1. The molecule has 1 aromatic rings. The van der Waals surface area contributed by atoms with Crippen LogP contribution in [0, 0.1) is 6.92 Å². The van der Waals surface area contributed by atoms with Crippen molar-refractivity contribution in [3.8, 4) is 5.88 Å². The molecule has 18 heavy (non-hydrogen) atoms. The van der Waals surface area contributed by atoms with Crippen molar-refractivity contribution >= 4 is 5.84 Å². The molecular weight excluding hydrogens is 251 g/mol. The van der Waals surface area contributed by atoms with E-state index in [0.29, 0.717) is 11.3 Å². The van der Waals surface area contributed by atoms with E-state index in [1.807, 2.05) is 0 Å². The molecule has 0 radical (unpaired) electrons. The van der Waals surface area contributed by atoms with Gasteiger partial charge in [0.25, 0.3) is 0 Å². The molecule has 3 N–H and O–H groups in total. The second kappa shape index (κ2) is 5.56. The average Bonchev–Trinajstić information content (AvgIpc) is 2.25. The zero-order chi connectivity index (χ0) is 13.8. The van der Waals surface area contributed by atoms with E-state index in [1.54, 1.807) is 6.92 Å². The molecule has 1 heterocycles. The van der Waals surface area contributed by atoms with Gasteiger partial charge in [-0.15, -0.1) is 0 Å². The molecule has 0 aliphatic rings. The lowest BCUT2D eigenvalue weighted by Crippen LogP contribution is -2.16. The number of ether oxygens (including phenoxy) is 1. The molecule has 0 atom stereocenters. The topological polar surface area (TPSA) is 80.7 Å². The predicted octanol–water partition coefficient (Wildman–Crippen LogP) is 1.82. The molecular formula is C10H12F3N3O2. The summed E-state index contributed by atoms with van der Waals surface area (Å²) in [5, 5.41) is 11.3. The Kier molecular flexibility index (Phi) is 4.35. The van der Waals surface area contributed by atoms with Crippen molar-refractivity contribution in [1.82, 2.24) is 4.98 Å². The molecule has 0 bridgehead atoms. The van der Waals surface area contributed by atoms with Crippen LogP contribution in [-0.2, 0) is 0 Å². The lowest BCUT2D eigenvalue weighted by Gasteiger charge is -2.09. The van der Waals surface area contributed by atoms with E-state index in [0.717, 1.165) is 0 Å². The first kappa shape index (κ1) is 14.1. The van der Waals surface area contributed by atoms with Gasteiger partial charge in [0.15, 0.2) is 5.84 Å². The lowest BCUT2D eigenvalue weighted by molar-refractivity contribution is -0.139. The van der Waals surface area contributed by atoms with Gasteiger partial charge < -0.3 is 15.7 Å². The summed E-state index contributed by atoms with van der Waals surface area (Å²) in [4.78, 5) is 3.89. The van der Waals surface area contributed by atoms with Crippen molar-refractivity contribution in [1.29, 1.82) is 0 Å². The van der Waals surface area contributed by atoms with Gasteiger partial charge in [0.1, 0.15) is 0 Å². The van der Waals surface area contributed by atoms with Gasteiger partial charge in [0.05, 0.1) is 13.0 Å². The lowest BCUT2D eigenvalue weighted by atomic mass is 10.2. The quantitative estimate of drug-likeness (QED) is 0.376. The van der Waals surface area contributed by atoms with E-state index in [9.17, 15) is 13.2 Å². The number of nitrogens with two attached hydrogens (primary N) is 1. The Hall–Kier alpha value is -1.99. The molecule has 0 saturated heterocycles. The molecule has 8 heteroatoms. The summed E-state index contributed by atoms with van der Waals surface area (Å²) in [6.45, 7) is 1.08. The van der Waals surface area contributed by atoms with Crippen LogP contribution < -0.4 is 10.5 Å². The molecule has 1 aromatic heterocycles. The van der Waals surface area contributed by atoms with E-state index in [2.05, 4.69) is 10.1 Å². The van der Waals surface area contributed by atoms with Gasteiger partial charge in [-0.1, -0.05) is 5.16 Å². The van der Waals surface area contributed by atoms with E-state index in [-0.39, 0.29) is 11.7 Å². The molecule has 1 rings (SSSR count). The number of aromatic nitrogens is 1. The molecule has 0 aromatic carbocycles. The zero-order valence-electron chi connectivity index (χ0n) is 9.53. The van der Waals surface area contributed by atoms with E-state index < -0.39 is 19.2 Å². The maximum Gasteiger partial charge on any atom is 0.392 e. The maximum absolute atomic E-state index is 11.9. The fourth-order valence-electron chi connectivity index (χ4n) is 1.19. The summed E-state index contributed by atoms with van der Waals surface area (Å²) in [6.07, 6.45) is -5.35. The maximum atomic E-state index is 11.9. The van der Waals surface area contributed by atoms with Crippen molar-refractivity contribution in [2.24, 2.45) is 10.9 Å². The third-order valence-corrected chi connectivity index (χ3v) is 1.97. The fraction of sp³-hybridized carbons (Fsp3) is 0.400. The van der Waals surface area contributed by atoms with E-state index in [4.69, 9.17) is 15.7 Å². The van der Waals surface area contributed by atoms with Crippen LogP contribution in [0.2, 0.25) is 0 Å². The van der Waals surface area contributed by atoms with Gasteiger partial charge in [-0.25, -0.2) is 4.98 Å². The third kappa shape index (κ3) is 4.48. The number of hydrogen-bond acceptors (Lipinski definition) is 4. The molecule has 0 saturated carbocycles. The van der Waals surface area contributed by atoms with Gasteiger partial charge in [-0.3, -0.25) is 0 Å². The first-order valence-corrected chi connectivity index (χ1v) is 4.98. The smallest absolute Gasteiger partial charge is 0.392 e. The minimum atomic E-state index is -4.28. The highest BCUT2D eigenvalue weighted by Gasteiger charge is 2.26. The molecule has 0 aliphatic carbocycles. The third-order valence-electron chi connectivity index (χ3n) is 1.97. The molecule has 100 valence electrons. The molecule has 5 nitrogen and oxygen atoms in total. The van der Waals surface area contributed by atoms with Gasteiger partial charge in [0, 0.05) is 17.3 Å². The molecule has 0 aliphatic heterocycles. The minimum absolute atomic E-state index is 0.000787. The Morgan fingerprint density at radius 2 is 2.17 bits per heavy atom. The summed E-state index contributed by atoms with van der Waals surface area (Å²) < 4.78 is 40.7. The largest absolute Gasteiger partial charge is 0.477 e. The van der Waals surface area contributed by atoms with Crippen LogP contribution in [0.4, 0.5) is 13.2 Å². The fourth-order valence-corrected chi connectivity index (χ4v) is 1.19. The Balaban J connectivity index is 2.75. The summed E-state index contributed by atoms with van der Waals surface area (Å²) in [5.74, 6) is -0.165. The number of nitrogens with zero attached hydrogens (tertiary/aromatic N) is 2. The van der Waals surface area contributed by atoms with Crippen molar-refractivity contribution in [3.63, 3.8) is 0 Å². The minimum Gasteiger partial charge on any atom is -0.477 e. The van der Waals surface area contributed by atoms with Crippen LogP contribution in [0.3, 0.4) is 0 Å². The second-order valence-electron chi connectivity index (χ2n) is 3.53. The van der Waals surface area contributed by atoms with Crippen LogP contribution in [0.1, 0.15) is 17.7 Å². The number of aryl methyl sites for hydroxylation is 1. The number of hydrogen-bond donors (Lipinski definition) is 2. The highest BCUT2D eigenvalue weighted by atomic mass is 19.4. The summed E-state index contributed by atoms with van der Waals surface area (Å²) in [7, 11) is 0. The first-order chi connectivity index (χ1) is 8.31. The van der Waals surface area contributed by atoms with Crippen LogP contribution in [0.25, 0.3) is 0 Å². The molecule has 0 amide bonds. The predicted molar refractivity (Wildman–Crippen MR) is 57.7 cm³/mol. The van der Waals surface area contributed by atoms with Gasteiger partial charge in [0.2, 0.25) is 5.88 Å². The molecule has 0 unspecified atom stereocenters. The normalized spacial score (nSPS) is 12.6. The zero-order valence-corrected chi connectivity index (χ0v) is 9.53. The monoisotopic (exact) mass is 263 g/mol. The Morgan fingerprint density at radius 1 is 1.50 bits per heavy atom. The van der Waals surface area contributed by atoms with Crippen LogP contribution >= 0.6 is 0 Å². The van der Waals surface area contributed by atoms with Crippen LogP contribution in [-0.4, -0.2) is 28.8 Å². The number of oxime groups is 1. The number of rotatable bonds is 4. The Morgan fingerprint density at radius 3 is 2.72 bits per heavy atom. The first-order valence-electron chi connectivity index (χ1n) is 4.98. The molecule has 0 fully saturated rings. The highest BCUT2D eigenvalue weighted by molar-refractivity contribution is 5.97. The van der Waals surface area contributed by atoms with Crippen molar-refractivity contribution < 1.29 is 23.1 Å². The van der Waals surface area contributed by atoms with E-state index >= 15 is 0 Å². The number of alkyl halides is 3. The second-order valence-corrected chi connectivity index (χ2v) is 3.53. The standard InChI is InChI=1S/C10H12F3N3O2/c1-6-4-7(9(14)16-17)5-8(15-6)18-3-2-10(11,12)13/h4-5,17H,2-3H2,1H3,(H2,14,16). The number of amidine groups is 1. The highest BCUT2D eigenvalue weighted by Crippen LogP contribution is 2.20. The van der Waals surface area contributed by atoms with Crippen molar-refractivity contribution in [2.75, 3.05) is 6.61 Å². The van der Waals surface area contributed by atoms with E-state index in [1.165, 1.54) is 12.1 Å². The van der Waals surface area contributed by atoms with Crippen LogP contribution in [0.5, 0.6) is 5.88 Å². The Labute approximate surface area is 101 Å². The summed E-state index contributed by atoms with van der Waals surface area (Å²) >= 11 is 0. The summed E-state index contributed by atoms with van der Waals surface area (Å²) in [6, 6.07) is 2.82. The average molecular weight is 263 g/mol. The SMILES string of the molecule is Cc1cc(/C(N)=N/O)cc(OCCC(F)(F)F)n1. The van der Waals surface area contributed by atoms with Crippen molar-refractivity contribution in [2.45, 2.75) is 19.5 Å². The van der Waals surface area contributed by atoms with Crippen molar-refractivity contribution in [3.05, 3.63) is 23.4 Å². The molecule has 0 spiro atoms. The van der Waals surface area contributed by atoms with Gasteiger partial charge in [-0.05, 0) is 13.0 Å². The number of halogens is 3. The summed E-state index contributed by atoms with van der Waals surface area (Å²) in [5.41, 5.74) is 6.18. The van der Waals surface area contributed by atoms with Crippen LogP contribution in [0.15, 0.2) is 17.3 Å². The van der Waals surface area contributed by atoms with Gasteiger partial charge in [-0.2, -0.15) is 13.2 Å².